The minimum atomic E-state index is -0.485. The molecule has 0 radical (unpaired) electrons. The number of pyridine rings is 1. The molecule has 0 saturated carbocycles. The molecule has 0 N–H and O–H groups in total. The molecule has 1 aliphatic carbocycles. The average Bonchev–Trinajstić information content (AvgIpc) is 3.78. The Morgan fingerprint density at radius 1 is 0.408 bits per heavy atom. The smallest absolute Gasteiger partial charge is 0.145 e. The van der Waals surface area contributed by atoms with Gasteiger partial charge in [0, 0.05) is 33.1 Å². The maximum atomic E-state index is 5.03. The monoisotopic (exact) mass is 621 g/mol. The summed E-state index contributed by atoms with van der Waals surface area (Å²) in [5, 5.41) is 7.40. The molecule has 2 aliphatic rings. The van der Waals surface area contributed by atoms with Gasteiger partial charge in [0.25, 0.3) is 0 Å². The summed E-state index contributed by atoms with van der Waals surface area (Å²) in [6.45, 7) is 0. The van der Waals surface area contributed by atoms with Crippen LogP contribution in [0.2, 0.25) is 0 Å². The highest BCUT2D eigenvalue weighted by molar-refractivity contribution is 6.15. The quantitative estimate of drug-likeness (QED) is 0.179. The first kappa shape index (κ1) is 25.6. The maximum Gasteiger partial charge on any atom is 0.145 e. The van der Waals surface area contributed by atoms with Gasteiger partial charge in [0.1, 0.15) is 5.82 Å². The molecule has 226 valence electrons. The molecule has 1 unspecified atom stereocenters. The number of rotatable bonds is 1. The van der Waals surface area contributed by atoms with E-state index >= 15 is 0 Å². The molecule has 0 saturated heterocycles. The highest BCUT2D eigenvalue weighted by Crippen LogP contribution is 2.61. The van der Waals surface area contributed by atoms with Gasteiger partial charge in [-0.15, -0.1) is 0 Å². The van der Waals surface area contributed by atoms with E-state index in [9.17, 15) is 0 Å². The Bertz CT molecular complexity index is 3060. The summed E-state index contributed by atoms with van der Waals surface area (Å²) in [7, 11) is 0. The van der Waals surface area contributed by atoms with Crippen LogP contribution in [0.5, 0.6) is 0 Å². The molecule has 0 fully saturated rings. The van der Waals surface area contributed by atoms with Gasteiger partial charge in [-0.2, -0.15) is 0 Å². The summed E-state index contributed by atoms with van der Waals surface area (Å²) in [4.78, 5) is 5.03. The number of fused-ring (bicyclic) bond motifs is 16. The molecule has 3 aromatic heterocycles. The van der Waals surface area contributed by atoms with Gasteiger partial charge in [-0.3, -0.25) is 4.57 Å². The lowest BCUT2D eigenvalue weighted by Crippen LogP contribution is -2.33. The van der Waals surface area contributed by atoms with Crippen LogP contribution in [0.4, 0.5) is 0 Å². The minimum Gasteiger partial charge on any atom is -0.309 e. The summed E-state index contributed by atoms with van der Waals surface area (Å²) in [5.74, 6) is 0.961. The Balaban J connectivity index is 1.29. The van der Waals surface area contributed by atoms with Crippen molar-refractivity contribution in [3.63, 3.8) is 0 Å². The van der Waals surface area contributed by atoms with Crippen molar-refractivity contribution in [3.05, 3.63) is 186 Å². The largest absolute Gasteiger partial charge is 0.309 e. The number of para-hydroxylation sites is 4. The van der Waals surface area contributed by atoms with Gasteiger partial charge in [-0.25, -0.2) is 4.98 Å². The number of hydrogen-bond donors (Lipinski definition) is 0. The highest BCUT2D eigenvalue weighted by Gasteiger charge is 2.51. The second kappa shape index (κ2) is 8.91. The second-order valence-electron chi connectivity index (χ2n) is 13.5. The molecule has 49 heavy (non-hydrogen) atoms. The third-order valence-corrected chi connectivity index (χ3v) is 11.3. The predicted octanol–water partition coefficient (Wildman–Crippen LogP) is 11.1. The maximum absolute atomic E-state index is 5.03. The molecule has 10 aromatic rings. The van der Waals surface area contributed by atoms with Crippen LogP contribution in [0.1, 0.15) is 22.3 Å². The van der Waals surface area contributed by atoms with Crippen LogP contribution in [0, 0.1) is 0 Å². The first-order valence-corrected chi connectivity index (χ1v) is 17.0. The van der Waals surface area contributed by atoms with Crippen LogP contribution in [0.3, 0.4) is 0 Å². The van der Waals surface area contributed by atoms with Crippen LogP contribution >= 0.6 is 0 Å². The first-order valence-electron chi connectivity index (χ1n) is 17.0. The van der Waals surface area contributed by atoms with E-state index in [1.54, 1.807) is 0 Å². The van der Waals surface area contributed by atoms with Crippen molar-refractivity contribution >= 4 is 54.4 Å². The van der Waals surface area contributed by atoms with Crippen LogP contribution in [-0.4, -0.2) is 14.1 Å². The third-order valence-electron chi connectivity index (χ3n) is 11.3. The molecule has 4 heterocycles. The topological polar surface area (TPSA) is 22.8 Å². The molecule has 3 heteroatoms. The standard InChI is InChI=1S/C46H27N3/c1-2-13-29-28(12-1)24-25-47-45(29)49-41-22-9-5-16-32(41)35-26-39-34(27-43(35)49)30-14-3-6-18-36(30)46(39)37-19-7-10-23-42(37)48-40-21-8-4-15-31(40)33-17-11-20-38(46)44(33)48/h1-27H. The second-order valence-corrected chi connectivity index (χ2v) is 13.5. The molecule has 1 aliphatic heterocycles. The molecule has 0 bridgehead atoms. The van der Waals surface area contributed by atoms with E-state index in [1.165, 1.54) is 88.1 Å². The molecule has 0 amide bonds. The van der Waals surface area contributed by atoms with Gasteiger partial charge >= 0.3 is 0 Å². The molecular formula is C46H27N3. The van der Waals surface area contributed by atoms with Crippen molar-refractivity contribution in [1.82, 2.24) is 14.1 Å². The molecule has 3 nitrogen and oxygen atoms in total. The Morgan fingerprint density at radius 3 is 1.94 bits per heavy atom. The predicted molar refractivity (Wildman–Crippen MR) is 201 cm³/mol. The zero-order chi connectivity index (χ0) is 31.8. The molecule has 7 aromatic carbocycles. The number of benzene rings is 7. The summed E-state index contributed by atoms with van der Waals surface area (Å²) in [6.07, 6.45) is 1.94. The van der Waals surface area contributed by atoms with Crippen LogP contribution in [-0.2, 0) is 5.41 Å². The molecule has 12 rings (SSSR count). The fourth-order valence-electron chi connectivity index (χ4n) is 9.53. The Morgan fingerprint density at radius 2 is 1.06 bits per heavy atom. The summed E-state index contributed by atoms with van der Waals surface area (Å²) in [6, 6.07) is 58.5. The van der Waals surface area contributed by atoms with E-state index in [4.69, 9.17) is 4.98 Å². The number of hydrogen-bond acceptors (Lipinski definition) is 1. The Kier molecular flexibility index (Phi) is 4.66. The zero-order valence-corrected chi connectivity index (χ0v) is 26.4. The summed E-state index contributed by atoms with van der Waals surface area (Å²) in [5.41, 5.74) is 13.6. The SMILES string of the molecule is c1ccc2c(c1)-c1cc3c(cc1C21c2ccccc2-n2c4ccccc4c4cccc1c42)c1ccccc1n3-c1nccc2ccccc12. The van der Waals surface area contributed by atoms with E-state index in [0.29, 0.717) is 0 Å². The van der Waals surface area contributed by atoms with Gasteiger partial charge in [0.15, 0.2) is 0 Å². The van der Waals surface area contributed by atoms with Crippen LogP contribution in [0.15, 0.2) is 164 Å². The van der Waals surface area contributed by atoms with E-state index < -0.39 is 5.41 Å². The summed E-state index contributed by atoms with van der Waals surface area (Å²) >= 11 is 0. The van der Waals surface area contributed by atoms with Crippen molar-refractivity contribution in [2.24, 2.45) is 0 Å². The van der Waals surface area contributed by atoms with E-state index in [-0.39, 0.29) is 0 Å². The van der Waals surface area contributed by atoms with E-state index in [0.717, 1.165) is 11.2 Å². The van der Waals surface area contributed by atoms with Gasteiger partial charge in [0.2, 0.25) is 0 Å². The summed E-state index contributed by atoms with van der Waals surface area (Å²) < 4.78 is 4.89. The van der Waals surface area contributed by atoms with Crippen molar-refractivity contribution in [3.8, 4) is 22.6 Å². The Labute approximate surface area is 281 Å². The lowest BCUT2D eigenvalue weighted by atomic mass is 9.65. The number of aromatic nitrogens is 3. The lowest BCUT2D eigenvalue weighted by Gasteiger charge is -2.39. The van der Waals surface area contributed by atoms with Crippen molar-refractivity contribution < 1.29 is 0 Å². The van der Waals surface area contributed by atoms with Crippen molar-refractivity contribution in [1.29, 1.82) is 0 Å². The van der Waals surface area contributed by atoms with E-state index in [2.05, 4.69) is 167 Å². The van der Waals surface area contributed by atoms with Crippen molar-refractivity contribution in [2.75, 3.05) is 0 Å². The molecular weight excluding hydrogens is 595 g/mol. The minimum absolute atomic E-state index is 0.485. The third kappa shape index (κ3) is 2.95. The highest BCUT2D eigenvalue weighted by atomic mass is 15.1. The van der Waals surface area contributed by atoms with Crippen LogP contribution in [0.25, 0.3) is 77.0 Å². The average molecular weight is 622 g/mol. The fourth-order valence-corrected chi connectivity index (χ4v) is 9.53. The van der Waals surface area contributed by atoms with Gasteiger partial charge < -0.3 is 4.57 Å². The van der Waals surface area contributed by atoms with E-state index in [1.807, 2.05) is 6.20 Å². The van der Waals surface area contributed by atoms with Gasteiger partial charge in [-0.05, 0) is 75.2 Å². The molecule has 1 atom stereocenters. The Hall–Kier alpha value is -6.45. The van der Waals surface area contributed by atoms with Crippen molar-refractivity contribution in [2.45, 2.75) is 5.41 Å². The molecule has 1 spiro atoms. The fraction of sp³-hybridized carbons (Fsp3) is 0.0217. The zero-order valence-electron chi connectivity index (χ0n) is 26.4. The number of nitrogens with zero attached hydrogens (tertiary/aromatic N) is 3. The first-order chi connectivity index (χ1) is 24.3. The van der Waals surface area contributed by atoms with Crippen LogP contribution < -0.4 is 0 Å². The normalized spacial score (nSPS) is 15.8. The van der Waals surface area contributed by atoms with Gasteiger partial charge in [0.05, 0.1) is 33.2 Å². The lowest BCUT2D eigenvalue weighted by molar-refractivity contribution is 0.749. The van der Waals surface area contributed by atoms with Gasteiger partial charge in [-0.1, -0.05) is 121 Å².